The number of ether oxygens (including phenoxy) is 1. The van der Waals surface area contributed by atoms with E-state index in [4.69, 9.17) is 21.9 Å². The number of benzene rings is 4. The number of anilines is 1. The van der Waals surface area contributed by atoms with E-state index in [1.54, 1.807) is 17.4 Å². The maximum Gasteiger partial charge on any atom is 0.261 e. The minimum absolute atomic E-state index is 0.185. The average molecular weight is 548 g/mol. The molecule has 5 rings (SSSR count). The average Bonchev–Trinajstić information content (AvgIpc) is 3.28. The van der Waals surface area contributed by atoms with Crippen LogP contribution < -0.4 is 15.4 Å². The molecule has 0 unspecified atom stereocenters. The summed E-state index contributed by atoms with van der Waals surface area (Å²) < 4.78 is 7.36. The zero-order chi connectivity index (χ0) is 23.7. The Bertz CT molecular complexity index is 1530. The van der Waals surface area contributed by atoms with Gasteiger partial charge in [0.15, 0.2) is 5.11 Å². The summed E-state index contributed by atoms with van der Waals surface area (Å²) in [7, 11) is 1.54. The second-order valence-electron chi connectivity index (χ2n) is 7.43. The Kier molecular flexibility index (Phi) is 6.28. The molecule has 168 valence electrons. The number of nitrogens with zero attached hydrogens (tertiary/aromatic N) is 1. The molecule has 0 aliphatic heterocycles. The molecule has 34 heavy (non-hydrogen) atoms. The van der Waals surface area contributed by atoms with Crippen LogP contribution in [0, 0.1) is 0 Å². The number of halogens is 1. The Hall–Kier alpha value is -3.33. The summed E-state index contributed by atoms with van der Waals surface area (Å²) in [5, 5.41) is 8.87. The fourth-order valence-corrected chi connectivity index (χ4v) is 5.69. The van der Waals surface area contributed by atoms with E-state index in [-0.39, 0.29) is 11.0 Å². The molecule has 0 spiro atoms. The molecule has 4 aromatic carbocycles. The van der Waals surface area contributed by atoms with Crippen LogP contribution in [0.25, 0.3) is 31.6 Å². The molecule has 2 N–H and O–H groups in total. The molecule has 0 fully saturated rings. The number of para-hydroxylation sites is 2. The molecule has 0 radical (unpaired) electrons. The topological polar surface area (TPSA) is 63.2 Å². The number of rotatable bonds is 4. The van der Waals surface area contributed by atoms with Crippen LogP contribution in [0.2, 0.25) is 0 Å². The predicted octanol–water partition coefficient (Wildman–Crippen LogP) is 7.01. The van der Waals surface area contributed by atoms with Crippen LogP contribution in [0.4, 0.5) is 5.69 Å². The van der Waals surface area contributed by atoms with Crippen molar-refractivity contribution in [1.82, 2.24) is 10.3 Å². The van der Waals surface area contributed by atoms with Gasteiger partial charge in [0.05, 0.1) is 33.0 Å². The fraction of sp³-hybridized carbons (Fsp3) is 0.0385. The van der Waals surface area contributed by atoms with Crippen molar-refractivity contribution in [3.8, 4) is 16.3 Å². The van der Waals surface area contributed by atoms with Gasteiger partial charge < -0.3 is 10.1 Å². The Morgan fingerprint density at radius 2 is 1.76 bits per heavy atom. The zero-order valence-corrected chi connectivity index (χ0v) is 21.2. The largest absolute Gasteiger partial charge is 0.495 e. The highest BCUT2D eigenvalue weighted by Crippen LogP contribution is 2.37. The molecule has 0 saturated heterocycles. The lowest BCUT2D eigenvalue weighted by Crippen LogP contribution is -2.34. The number of amides is 1. The summed E-state index contributed by atoms with van der Waals surface area (Å²) in [6, 6.07) is 25.3. The summed E-state index contributed by atoms with van der Waals surface area (Å²) in [6.07, 6.45) is 0. The van der Waals surface area contributed by atoms with E-state index in [1.165, 1.54) is 7.11 Å². The monoisotopic (exact) mass is 547 g/mol. The summed E-state index contributed by atoms with van der Waals surface area (Å²) in [6.45, 7) is 0. The zero-order valence-electron chi connectivity index (χ0n) is 18.0. The predicted molar refractivity (Wildman–Crippen MR) is 147 cm³/mol. The molecule has 8 heteroatoms. The molecule has 1 amide bonds. The number of aromatic nitrogens is 1. The quantitative estimate of drug-likeness (QED) is 0.237. The van der Waals surface area contributed by atoms with Gasteiger partial charge in [0.1, 0.15) is 10.8 Å². The van der Waals surface area contributed by atoms with Crippen LogP contribution in [0.15, 0.2) is 83.3 Å². The molecule has 0 aliphatic rings. The van der Waals surface area contributed by atoms with Gasteiger partial charge >= 0.3 is 0 Å². The Morgan fingerprint density at radius 3 is 2.59 bits per heavy atom. The van der Waals surface area contributed by atoms with E-state index in [2.05, 4.69) is 26.6 Å². The first kappa shape index (κ1) is 22.5. The third-order valence-corrected chi connectivity index (χ3v) is 7.38. The Labute approximate surface area is 213 Å². The second kappa shape index (κ2) is 9.50. The van der Waals surface area contributed by atoms with Gasteiger partial charge in [-0.1, -0.05) is 48.5 Å². The number of hydrogen-bond acceptors (Lipinski definition) is 5. The molecule has 0 atom stereocenters. The molecule has 5 aromatic rings. The third kappa shape index (κ3) is 4.27. The smallest absolute Gasteiger partial charge is 0.261 e. The van der Waals surface area contributed by atoms with E-state index in [9.17, 15) is 4.79 Å². The molecule has 1 heterocycles. The van der Waals surface area contributed by atoms with Crippen LogP contribution in [0.1, 0.15) is 10.4 Å². The summed E-state index contributed by atoms with van der Waals surface area (Å²) in [5.41, 5.74) is 3.00. The van der Waals surface area contributed by atoms with E-state index in [0.29, 0.717) is 11.3 Å². The first-order chi connectivity index (χ1) is 16.5. The molecule has 1 aromatic heterocycles. The molecule has 5 nitrogen and oxygen atoms in total. The van der Waals surface area contributed by atoms with Crippen LogP contribution in [-0.2, 0) is 0 Å². The number of fused-ring (bicyclic) bond motifs is 2. The van der Waals surface area contributed by atoms with E-state index < -0.39 is 0 Å². The van der Waals surface area contributed by atoms with Gasteiger partial charge in [-0.2, -0.15) is 0 Å². The lowest BCUT2D eigenvalue weighted by molar-refractivity contribution is 0.0975. The molecule has 0 bridgehead atoms. The van der Waals surface area contributed by atoms with Crippen molar-refractivity contribution in [3.05, 3.63) is 88.9 Å². The van der Waals surface area contributed by atoms with Crippen molar-refractivity contribution in [1.29, 1.82) is 0 Å². The summed E-state index contributed by atoms with van der Waals surface area (Å²) in [4.78, 5) is 17.9. The Morgan fingerprint density at radius 1 is 1.03 bits per heavy atom. The standard InChI is InChI=1S/C26H18BrN3O2S2/c1-32-23-18(14-15-8-2-3-9-16(15)22(23)27)24(31)30-26(33)29-19-11-5-4-10-17(19)25-28-20-12-6-7-13-21(20)34-25/h2-14H,1H3,(H2,29,30,31,33). The van der Waals surface area contributed by atoms with Crippen LogP contribution in [0.3, 0.4) is 0 Å². The normalized spacial score (nSPS) is 10.9. The van der Waals surface area contributed by atoms with Gasteiger partial charge in [0, 0.05) is 5.56 Å². The molecular formula is C26H18BrN3O2S2. The number of carbonyl (C=O) groups excluding carboxylic acids is 1. The first-order valence-electron chi connectivity index (χ1n) is 10.4. The van der Waals surface area contributed by atoms with E-state index in [0.717, 1.165) is 41.7 Å². The molecular weight excluding hydrogens is 530 g/mol. The van der Waals surface area contributed by atoms with E-state index >= 15 is 0 Å². The van der Waals surface area contributed by atoms with Gasteiger partial charge in [0.25, 0.3) is 5.91 Å². The number of carbonyl (C=O) groups is 1. The molecule has 0 aliphatic carbocycles. The number of nitrogens with one attached hydrogen (secondary N) is 2. The van der Waals surface area contributed by atoms with Gasteiger partial charge in [-0.25, -0.2) is 4.98 Å². The number of thiazole rings is 1. The summed E-state index contributed by atoms with van der Waals surface area (Å²) in [5.74, 6) is 0.0900. The highest BCUT2D eigenvalue weighted by atomic mass is 79.9. The van der Waals surface area contributed by atoms with Gasteiger partial charge in [-0.15, -0.1) is 11.3 Å². The highest BCUT2D eigenvalue weighted by molar-refractivity contribution is 9.10. The number of hydrogen-bond donors (Lipinski definition) is 2. The highest BCUT2D eigenvalue weighted by Gasteiger charge is 2.19. The second-order valence-corrected chi connectivity index (χ2v) is 9.66. The van der Waals surface area contributed by atoms with Gasteiger partial charge in [0.2, 0.25) is 0 Å². The minimum atomic E-state index is -0.363. The molecule has 0 saturated carbocycles. The van der Waals surface area contributed by atoms with Crippen LogP contribution >= 0.6 is 39.5 Å². The van der Waals surface area contributed by atoms with Crippen molar-refractivity contribution in [2.24, 2.45) is 0 Å². The lowest BCUT2D eigenvalue weighted by atomic mass is 10.1. The van der Waals surface area contributed by atoms with Crippen molar-refractivity contribution in [3.63, 3.8) is 0 Å². The van der Waals surface area contributed by atoms with Crippen molar-refractivity contribution in [2.45, 2.75) is 0 Å². The fourth-order valence-electron chi connectivity index (χ4n) is 3.74. The maximum atomic E-state index is 13.1. The lowest BCUT2D eigenvalue weighted by Gasteiger charge is -2.15. The van der Waals surface area contributed by atoms with Gasteiger partial charge in [-0.3, -0.25) is 10.1 Å². The van der Waals surface area contributed by atoms with Crippen LogP contribution in [0.5, 0.6) is 5.75 Å². The summed E-state index contributed by atoms with van der Waals surface area (Å²) >= 11 is 10.7. The maximum absolute atomic E-state index is 13.1. The van der Waals surface area contributed by atoms with Crippen LogP contribution in [-0.4, -0.2) is 23.1 Å². The van der Waals surface area contributed by atoms with Crippen molar-refractivity contribution < 1.29 is 9.53 Å². The van der Waals surface area contributed by atoms with Gasteiger partial charge in [-0.05, 0) is 69.3 Å². The first-order valence-corrected chi connectivity index (χ1v) is 12.4. The van der Waals surface area contributed by atoms with E-state index in [1.807, 2.05) is 72.8 Å². The number of thiocarbonyl (C=S) groups is 1. The minimum Gasteiger partial charge on any atom is -0.495 e. The van der Waals surface area contributed by atoms with Crippen molar-refractivity contribution >= 4 is 77.2 Å². The van der Waals surface area contributed by atoms with Crippen molar-refractivity contribution in [2.75, 3.05) is 12.4 Å². The Balaban J connectivity index is 1.41. The SMILES string of the molecule is COc1c(C(=O)NC(=S)Nc2ccccc2-c2nc3ccccc3s2)cc2ccccc2c1Br. The third-order valence-electron chi connectivity index (χ3n) is 5.32. The number of methoxy groups -OCH3 is 1.